The molecule has 0 spiro atoms. The monoisotopic (exact) mass is 232 g/mol. The normalized spacial score (nSPS) is 29.5. The Morgan fingerprint density at radius 3 is 2.40 bits per heavy atom. The molecule has 1 saturated heterocycles. The van der Waals surface area contributed by atoms with Crippen LogP contribution < -0.4 is 10.0 Å². The van der Waals surface area contributed by atoms with Crippen molar-refractivity contribution in [2.24, 2.45) is 0 Å². The number of hydrogen-bond donors (Lipinski definition) is 2. The number of rotatable bonds is 3. The van der Waals surface area contributed by atoms with Crippen LogP contribution in [0.15, 0.2) is 0 Å². The molecular formula is C10H20N2O2S. The van der Waals surface area contributed by atoms with Crippen LogP contribution in [-0.2, 0) is 10.0 Å². The lowest BCUT2D eigenvalue weighted by atomic mass is 10.2. The van der Waals surface area contributed by atoms with Gasteiger partial charge in [-0.1, -0.05) is 12.8 Å². The summed E-state index contributed by atoms with van der Waals surface area (Å²) in [5.74, 6) is 0. The molecule has 0 radical (unpaired) electrons. The lowest BCUT2D eigenvalue weighted by Crippen LogP contribution is -2.46. The Hall–Kier alpha value is -0.130. The van der Waals surface area contributed by atoms with Gasteiger partial charge in [0.25, 0.3) is 0 Å². The van der Waals surface area contributed by atoms with E-state index in [-0.39, 0.29) is 11.3 Å². The minimum absolute atomic E-state index is 0.205. The molecule has 0 aromatic heterocycles. The van der Waals surface area contributed by atoms with E-state index >= 15 is 0 Å². The van der Waals surface area contributed by atoms with E-state index in [4.69, 9.17) is 0 Å². The Kier molecular flexibility index (Phi) is 3.64. The Morgan fingerprint density at radius 1 is 1.07 bits per heavy atom. The summed E-state index contributed by atoms with van der Waals surface area (Å²) in [6.07, 6.45) is 6.12. The molecule has 2 rings (SSSR count). The van der Waals surface area contributed by atoms with E-state index in [9.17, 15) is 8.42 Å². The van der Waals surface area contributed by atoms with Gasteiger partial charge in [-0.25, -0.2) is 13.1 Å². The molecule has 1 saturated carbocycles. The van der Waals surface area contributed by atoms with Crippen molar-refractivity contribution < 1.29 is 8.42 Å². The molecular weight excluding hydrogens is 212 g/mol. The molecule has 2 aliphatic rings. The summed E-state index contributed by atoms with van der Waals surface area (Å²) >= 11 is 0. The first kappa shape index (κ1) is 11.4. The van der Waals surface area contributed by atoms with E-state index < -0.39 is 10.0 Å². The number of sulfonamides is 1. The lowest BCUT2D eigenvalue weighted by molar-refractivity contribution is 0.481. The molecule has 1 heterocycles. The zero-order valence-electron chi connectivity index (χ0n) is 9.04. The highest BCUT2D eigenvalue weighted by Crippen LogP contribution is 2.20. The Bertz CT molecular complexity index is 291. The maximum Gasteiger partial charge on any atom is 0.215 e. The van der Waals surface area contributed by atoms with Gasteiger partial charge < -0.3 is 5.32 Å². The van der Waals surface area contributed by atoms with E-state index in [2.05, 4.69) is 10.0 Å². The summed E-state index contributed by atoms with van der Waals surface area (Å²) < 4.78 is 26.8. The second-order valence-electron chi connectivity index (χ2n) is 4.61. The van der Waals surface area contributed by atoms with Crippen molar-refractivity contribution in [3.8, 4) is 0 Å². The molecule has 0 aromatic carbocycles. The van der Waals surface area contributed by atoms with Crippen molar-refractivity contribution in [3.63, 3.8) is 0 Å². The van der Waals surface area contributed by atoms with Crippen molar-refractivity contribution in [1.29, 1.82) is 0 Å². The van der Waals surface area contributed by atoms with Crippen LogP contribution in [0, 0.1) is 0 Å². The lowest BCUT2D eigenvalue weighted by Gasteiger charge is -2.24. The van der Waals surface area contributed by atoms with Crippen LogP contribution in [-0.4, -0.2) is 32.8 Å². The first-order valence-electron chi connectivity index (χ1n) is 5.90. The highest BCUT2D eigenvalue weighted by atomic mass is 32.2. The van der Waals surface area contributed by atoms with Gasteiger partial charge in [0, 0.05) is 12.6 Å². The first-order valence-corrected chi connectivity index (χ1v) is 7.45. The van der Waals surface area contributed by atoms with Crippen molar-refractivity contribution in [2.45, 2.75) is 49.8 Å². The van der Waals surface area contributed by atoms with E-state index in [1.54, 1.807) is 0 Å². The van der Waals surface area contributed by atoms with Crippen molar-refractivity contribution >= 4 is 10.0 Å². The third-order valence-corrected chi connectivity index (χ3v) is 5.32. The SMILES string of the molecule is O=S(=O)(NC1CCCC1)C1CCCNC1. The van der Waals surface area contributed by atoms with Gasteiger partial charge in [0.1, 0.15) is 0 Å². The zero-order chi connectivity index (χ0) is 10.7. The highest BCUT2D eigenvalue weighted by Gasteiger charge is 2.30. The molecule has 0 amide bonds. The van der Waals surface area contributed by atoms with Gasteiger partial charge in [0.2, 0.25) is 10.0 Å². The molecule has 2 fully saturated rings. The summed E-state index contributed by atoms with van der Waals surface area (Å²) in [6, 6.07) is 0.205. The molecule has 5 heteroatoms. The smallest absolute Gasteiger partial charge is 0.215 e. The van der Waals surface area contributed by atoms with Crippen LogP contribution in [0.4, 0.5) is 0 Å². The summed E-state index contributed by atoms with van der Waals surface area (Å²) in [5, 5.41) is 2.93. The molecule has 88 valence electrons. The topological polar surface area (TPSA) is 58.2 Å². The molecule has 1 aliphatic heterocycles. The molecule has 4 nitrogen and oxygen atoms in total. The third kappa shape index (κ3) is 2.92. The molecule has 2 N–H and O–H groups in total. The molecule has 0 bridgehead atoms. The molecule has 15 heavy (non-hydrogen) atoms. The second-order valence-corrected chi connectivity index (χ2v) is 6.60. The van der Waals surface area contributed by atoms with Crippen LogP contribution in [0.1, 0.15) is 38.5 Å². The van der Waals surface area contributed by atoms with Crippen LogP contribution in [0.25, 0.3) is 0 Å². The van der Waals surface area contributed by atoms with Crippen molar-refractivity contribution in [3.05, 3.63) is 0 Å². The number of hydrogen-bond acceptors (Lipinski definition) is 3. The minimum atomic E-state index is -3.08. The van der Waals surface area contributed by atoms with Gasteiger partial charge in [-0.15, -0.1) is 0 Å². The van der Waals surface area contributed by atoms with Crippen LogP contribution in [0.5, 0.6) is 0 Å². The molecule has 1 atom stereocenters. The fraction of sp³-hybridized carbons (Fsp3) is 1.00. The molecule has 1 aliphatic carbocycles. The van der Waals surface area contributed by atoms with Crippen molar-refractivity contribution in [1.82, 2.24) is 10.0 Å². The fourth-order valence-electron chi connectivity index (χ4n) is 2.46. The van der Waals surface area contributed by atoms with Gasteiger partial charge in [0.15, 0.2) is 0 Å². The van der Waals surface area contributed by atoms with Crippen molar-refractivity contribution in [2.75, 3.05) is 13.1 Å². The summed E-state index contributed by atoms with van der Waals surface area (Å²) in [7, 11) is -3.08. The van der Waals surface area contributed by atoms with Crippen LogP contribution in [0.3, 0.4) is 0 Å². The number of piperidine rings is 1. The van der Waals surface area contributed by atoms with Gasteiger partial charge in [-0.05, 0) is 32.2 Å². The number of nitrogens with one attached hydrogen (secondary N) is 2. The van der Waals surface area contributed by atoms with Crippen LogP contribution >= 0.6 is 0 Å². The quantitative estimate of drug-likeness (QED) is 0.749. The average Bonchev–Trinajstić information content (AvgIpc) is 2.71. The second kappa shape index (κ2) is 4.80. The van der Waals surface area contributed by atoms with E-state index in [1.165, 1.54) is 0 Å². The molecule has 0 aromatic rings. The Balaban J connectivity index is 1.92. The minimum Gasteiger partial charge on any atom is -0.315 e. The predicted molar refractivity (Wildman–Crippen MR) is 60.2 cm³/mol. The van der Waals surface area contributed by atoms with Crippen LogP contribution in [0.2, 0.25) is 0 Å². The first-order chi connectivity index (χ1) is 7.18. The maximum absolute atomic E-state index is 12.0. The molecule has 1 unspecified atom stereocenters. The van der Waals surface area contributed by atoms with E-state index in [0.717, 1.165) is 45.1 Å². The predicted octanol–water partition coefficient (Wildman–Crippen LogP) is 0.600. The van der Waals surface area contributed by atoms with Gasteiger partial charge in [-0.3, -0.25) is 0 Å². The maximum atomic E-state index is 12.0. The summed E-state index contributed by atoms with van der Waals surface area (Å²) in [5.41, 5.74) is 0. The average molecular weight is 232 g/mol. The Labute approximate surface area is 91.9 Å². The zero-order valence-corrected chi connectivity index (χ0v) is 9.85. The van der Waals surface area contributed by atoms with Gasteiger partial charge in [-0.2, -0.15) is 0 Å². The van der Waals surface area contributed by atoms with E-state index in [1.807, 2.05) is 0 Å². The van der Waals surface area contributed by atoms with E-state index in [0.29, 0.717) is 6.54 Å². The third-order valence-electron chi connectivity index (χ3n) is 3.38. The largest absolute Gasteiger partial charge is 0.315 e. The Morgan fingerprint density at radius 2 is 1.80 bits per heavy atom. The summed E-state index contributed by atoms with van der Waals surface area (Å²) in [6.45, 7) is 1.57. The fourth-order valence-corrected chi connectivity index (χ4v) is 4.16. The summed E-state index contributed by atoms with van der Waals surface area (Å²) in [4.78, 5) is 0. The standard InChI is InChI=1S/C10H20N2O2S/c13-15(14,10-6-3-7-11-8-10)12-9-4-1-2-5-9/h9-12H,1-8H2. The van der Waals surface area contributed by atoms with Gasteiger partial charge >= 0.3 is 0 Å². The van der Waals surface area contributed by atoms with Gasteiger partial charge in [0.05, 0.1) is 5.25 Å². The highest BCUT2D eigenvalue weighted by molar-refractivity contribution is 7.90.